The van der Waals surface area contributed by atoms with E-state index in [0.29, 0.717) is 39.5 Å². The van der Waals surface area contributed by atoms with Crippen LogP contribution in [0.5, 0.6) is 23.0 Å². The number of carbonyl (C=O) groups is 1. The van der Waals surface area contributed by atoms with Crippen molar-refractivity contribution in [1.82, 2.24) is 20.2 Å². The fourth-order valence-corrected chi connectivity index (χ4v) is 4.84. The predicted octanol–water partition coefficient (Wildman–Crippen LogP) is 4.97. The summed E-state index contributed by atoms with van der Waals surface area (Å²) in [6.45, 7) is 0. The van der Waals surface area contributed by atoms with E-state index < -0.39 is 0 Å². The molecule has 0 aliphatic rings. The summed E-state index contributed by atoms with van der Waals surface area (Å²) >= 11 is 4.66. The normalized spacial score (nSPS) is 10.9. The number of benzene rings is 3. The highest BCUT2D eigenvalue weighted by molar-refractivity contribution is 9.10. The van der Waals surface area contributed by atoms with Crippen molar-refractivity contribution in [2.45, 2.75) is 5.16 Å². The van der Waals surface area contributed by atoms with Crippen LogP contribution >= 0.6 is 27.7 Å². The molecule has 0 atom stereocenters. The number of ether oxygens (including phenoxy) is 4. The van der Waals surface area contributed by atoms with Crippen molar-refractivity contribution in [2.75, 3.05) is 34.2 Å². The minimum absolute atomic E-state index is 0.0627. The molecule has 0 saturated heterocycles. The maximum Gasteiger partial charge on any atom is 0.250 e. The molecule has 12 heteroatoms. The van der Waals surface area contributed by atoms with E-state index in [9.17, 15) is 4.79 Å². The van der Waals surface area contributed by atoms with Crippen LogP contribution in [0.4, 0.5) is 0 Å². The van der Waals surface area contributed by atoms with Gasteiger partial charge >= 0.3 is 0 Å². The van der Waals surface area contributed by atoms with Crippen LogP contribution in [-0.4, -0.2) is 61.1 Å². The van der Waals surface area contributed by atoms with Crippen molar-refractivity contribution in [2.24, 2.45) is 5.10 Å². The molecule has 10 nitrogen and oxygen atoms in total. The third-order valence-corrected chi connectivity index (χ3v) is 6.91. The largest absolute Gasteiger partial charge is 0.496 e. The Balaban J connectivity index is 1.58. The molecule has 4 aromatic rings. The summed E-state index contributed by atoms with van der Waals surface area (Å²) in [5.41, 5.74) is 4.79. The predicted molar refractivity (Wildman–Crippen MR) is 154 cm³/mol. The smallest absolute Gasteiger partial charge is 0.250 e. The molecule has 0 spiro atoms. The molecule has 4 rings (SSSR count). The molecular weight excluding hydrogens is 586 g/mol. The van der Waals surface area contributed by atoms with Gasteiger partial charge in [-0.3, -0.25) is 9.36 Å². The second-order valence-electron chi connectivity index (χ2n) is 7.86. The zero-order valence-corrected chi connectivity index (χ0v) is 24.1. The average molecular weight is 613 g/mol. The highest BCUT2D eigenvalue weighted by atomic mass is 79.9. The van der Waals surface area contributed by atoms with Crippen LogP contribution < -0.4 is 24.4 Å². The van der Waals surface area contributed by atoms with E-state index in [0.717, 1.165) is 15.7 Å². The molecule has 0 radical (unpaired) electrons. The van der Waals surface area contributed by atoms with E-state index in [1.165, 1.54) is 18.0 Å². The number of carbonyl (C=O) groups excluding carboxylic acids is 1. The van der Waals surface area contributed by atoms with Crippen LogP contribution in [0.1, 0.15) is 5.56 Å². The number of thioether (sulfide) groups is 1. The Morgan fingerprint density at radius 2 is 1.64 bits per heavy atom. The summed E-state index contributed by atoms with van der Waals surface area (Å²) < 4.78 is 24.6. The van der Waals surface area contributed by atoms with Gasteiger partial charge in [0, 0.05) is 21.3 Å². The van der Waals surface area contributed by atoms with Crippen LogP contribution in [-0.2, 0) is 4.79 Å². The number of hydrogen-bond acceptors (Lipinski definition) is 9. The molecule has 0 aliphatic carbocycles. The lowest BCUT2D eigenvalue weighted by molar-refractivity contribution is -0.118. The van der Waals surface area contributed by atoms with Gasteiger partial charge in [0.15, 0.2) is 22.5 Å². The first-order chi connectivity index (χ1) is 19.0. The van der Waals surface area contributed by atoms with E-state index in [1.807, 2.05) is 53.1 Å². The maximum absolute atomic E-state index is 12.6. The van der Waals surface area contributed by atoms with Crippen molar-refractivity contribution < 1.29 is 23.7 Å². The van der Waals surface area contributed by atoms with Crippen LogP contribution in [0.2, 0.25) is 0 Å². The third kappa shape index (κ3) is 6.52. The van der Waals surface area contributed by atoms with Crippen molar-refractivity contribution in [3.63, 3.8) is 0 Å². The standard InChI is InChI=1S/C27H26BrN5O5S/c1-35-21-11-10-19(28)12-18(21)15-29-30-24(34)16-39-27-32-31-26(33(27)20-8-6-5-7-9-20)17-13-22(36-2)25(38-4)23(14-17)37-3/h5-15H,16H2,1-4H3,(H,30,34). The van der Waals surface area contributed by atoms with Gasteiger partial charge in [-0.05, 0) is 42.5 Å². The lowest BCUT2D eigenvalue weighted by atomic mass is 10.1. The van der Waals surface area contributed by atoms with Crippen molar-refractivity contribution >= 4 is 39.8 Å². The molecule has 1 aromatic heterocycles. The maximum atomic E-state index is 12.6. The molecule has 0 bridgehead atoms. The summed E-state index contributed by atoms with van der Waals surface area (Å²) in [6.07, 6.45) is 1.53. The summed E-state index contributed by atoms with van der Waals surface area (Å²) in [5, 5.41) is 13.4. The number of methoxy groups -OCH3 is 4. The van der Waals surface area contributed by atoms with Gasteiger partial charge in [-0.25, -0.2) is 5.43 Å². The summed E-state index contributed by atoms with van der Waals surface area (Å²) in [4.78, 5) is 12.6. The molecule has 0 fully saturated rings. The number of nitrogens with one attached hydrogen (secondary N) is 1. The number of para-hydroxylation sites is 1. The Kier molecular flexibility index (Phi) is 9.45. The van der Waals surface area contributed by atoms with E-state index in [-0.39, 0.29) is 11.7 Å². The van der Waals surface area contributed by atoms with Gasteiger partial charge < -0.3 is 18.9 Å². The molecule has 1 N–H and O–H groups in total. The first-order valence-corrected chi connectivity index (χ1v) is 13.4. The second-order valence-corrected chi connectivity index (χ2v) is 9.72. The Morgan fingerprint density at radius 3 is 2.28 bits per heavy atom. The van der Waals surface area contributed by atoms with Crippen molar-refractivity contribution in [1.29, 1.82) is 0 Å². The zero-order chi connectivity index (χ0) is 27.8. The molecule has 0 saturated carbocycles. The van der Waals surface area contributed by atoms with Crippen molar-refractivity contribution in [3.8, 4) is 40.1 Å². The quantitative estimate of drug-likeness (QED) is 0.144. The number of nitrogens with zero attached hydrogens (tertiary/aromatic N) is 4. The first kappa shape index (κ1) is 28.0. The number of amides is 1. The third-order valence-electron chi connectivity index (χ3n) is 5.49. The molecule has 202 valence electrons. The zero-order valence-electron chi connectivity index (χ0n) is 21.7. The molecule has 0 unspecified atom stereocenters. The van der Waals surface area contributed by atoms with Gasteiger partial charge in [-0.1, -0.05) is 45.9 Å². The van der Waals surface area contributed by atoms with Gasteiger partial charge in [-0.15, -0.1) is 10.2 Å². The van der Waals surface area contributed by atoms with Crippen molar-refractivity contribution in [3.05, 3.63) is 70.7 Å². The highest BCUT2D eigenvalue weighted by Gasteiger charge is 2.21. The topological polar surface area (TPSA) is 109 Å². The van der Waals surface area contributed by atoms with E-state index in [1.54, 1.807) is 40.6 Å². The Bertz CT molecular complexity index is 1450. The van der Waals surface area contributed by atoms with Gasteiger partial charge in [0.2, 0.25) is 5.75 Å². The number of hydrazone groups is 1. The van der Waals surface area contributed by atoms with E-state index >= 15 is 0 Å². The van der Waals surface area contributed by atoms with Crippen LogP contribution in [0.15, 0.2) is 75.4 Å². The van der Waals surface area contributed by atoms with Gasteiger partial charge in [0.25, 0.3) is 5.91 Å². The average Bonchev–Trinajstić information content (AvgIpc) is 3.39. The molecule has 3 aromatic carbocycles. The van der Waals surface area contributed by atoms with E-state index in [2.05, 4.69) is 36.7 Å². The van der Waals surface area contributed by atoms with Crippen LogP contribution in [0.25, 0.3) is 17.1 Å². The SMILES string of the molecule is COc1ccc(Br)cc1C=NNC(=O)CSc1nnc(-c2cc(OC)c(OC)c(OC)c2)n1-c1ccccc1. The lowest BCUT2D eigenvalue weighted by Gasteiger charge is -2.15. The highest BCUT2D eigenvalue weighted by Crippen LogP contribution is 2.41. The fourth-order valence-electron chi connectivity index (χ4n) is 3.71. The van der Waals surface area contributed by atoms with E-state index in [4.69, 9.17) is 18.9 Å². The Labute approximate surface area is 238 Å². The fraction of sp³-hybridized carbons (Fsp3) is 0.185. The second kappa shape index (κ2) is 13.2. The molecule has 0 aliphatic heterocycles. The summed E-state index contributed by atoms with van der Waals surface area (Å²) in [7, 11) is 6.23. The van der Waals surface area contributed by atoms with Gasteiger partial charge in [0.05, 0.1) is 40.4 Å². The van der Waals surface area contributed by atoms with Gasteiger partial charge in [0.1, 0.15) is 5.75 Å². The minimum atomic E-state index is -0.304. The van der Waals surface area contributed by atoms with Crippen LogP contribution in [0, 0.1) is 0 Å². The molecular formula is C27H26BrN5O5S. The summed E-state index contributed by atoms with van der Waals surface area (Å²) in [5.74, 6) is 2.40. The number of rotatable bonds is 11. The number of aromatic nitrogens is 3. The van der Waals surface area contributed by atoms with Gasteiger partial charge in [-0.2, -0.15) is 5.10 Å². The molecule has 39 heavy (non-hydrogen) atoms. The van der Waals surface area contributed by atoms with Crippen LogP contribution in [0.3, 0.4) is 0 Å². The lowest BCUT2D eigenvalue weighted by Crippen LogP contribution is -2.20. The number of hydrogen-bond donors (Lipinski definition) is 1. The number of halogens is 1. The minimum Gasteiger partial charge on any atom is -0.496 e. The molecule has 1 heterocycles. The first-order valence-electron chi connectivity index (χ1n) is 11.6. The monoisotopic (exact) mass is 611 g/mol. The Morgan fingerprint density at radius 1 is 0.949 bits per heavy atom. The summed E-state index contributed by atoms with van der Waals surface area (Å²) in [6, 6.07) is 18.7. The Hall–Kier alpha value is -4.03. The molecule has 1 amide bonds.